The standard InChI is InChI=1S/C19H29N5O2S/c1-27(25,26)24-12-10-22(11-13-24)15-16-2-4-17(5-3-16)21-18-6-8-23-9-7-20-19(23)14-18/h6-9,14,16-17,21H,2-5,10-13,15H2,1H3/t16-,17-. The molecule has 2 aromatic rings. The molecule has 2 aliphatic rings. The number of nitrogens with zero attached hydrogens (tertiary/aromatic N) is 4. The van der Waals surface area contributed by atoms with E-state index in [1.54, 1.807) is 4.31 Å². The van der Waals surface area contributed by atoms with Crippen LogP contribution in [0.25, 0.3) is 5.65 Å². The molecule has 0 radical (unpaired) electrons. The van der Waals surface area contributed by atoms with Crippen molar-refractivity contribution in [3.05, 3.63) is 30.7 Å². The maximum atomic E-state index is 11.6. The fourth-order valence-electron chi connectivity index (χ4n) is 4.33. The van der Waals surface area contributed by atoms with E-state index in [4.69, 9.17) is 0 Å². The zero-order valence-electron chi connectivity index (χ0n) is 15.9. The van der Waals surface area contributed by atoms with Crippen molar-refractivity contribution in [1.29, 1.82) is 0 Å². The highest BCUT2D eigenvalue weighted by Crippen LogP contribution is 2.28. The molecule has 8 heteroatoms. The molecular weight excluding hydrogens is 362 g/mol. The van der Waals surface area contributed by atoms with Crippen LogP contribution in [0.15, 0.2) is 30.7 Å². The van der Waals surface area contributed by atoms with Crippen LogP contribution in [0, 0.1) is 5.92 Å². The number of fused-ring (bicyclic) bond motifs is 1. The van der Waals surface area contributed by atoms with Gasteiger partial charge in [-0.3, -0.25) is 0 Å². The zero-order valence-corrected chi connectivity index (χ0v) is 16.7. The Morgan fingerprint density at radius 3 is 2.56 bits per heavy atom. The van der Waals surface area contributed by atoms with Crippen LogP contribution in [-0.2, 0) is 10.0 Å². The maximum absolute atomic E-state index is 11.6. The number of sulfonamides is 1. The summed E-state index contributed by atoms with van der Waals surface area (Å²) in [6.45, 7) is 4.08. The lowest BCUT2D eigenvalue weighted by molar-refractivity contribution is 0.148. The van der Waals surface area contributed by atoms with Crippen LogP contribution >= 0.6 is 0 Å². The highest BCUT2D eigenvalue weighted by molar-refractivity contribution is 7.88. The van der Waals surface area contributed by atoms with Crippen LogP contribution in [0.5, 0.6) is 0 Å². The van der Waals surface area contributed by atoms with Gasteiger partial charge in [0.15, 0.2) is 0 Å². The van der Waals surface area contributed by atoms with Crippen molar-refractivity contribution < 1.29 is 8.42 Å². The van der Waals surface area contributed by atoms with E-state index >= 15 is 0 Å². The van der Waals surface area contributed by atoms with E-state index in [0.29, 0.717) is 19.1 Å². The number of piperazine rings is 1. The van der Waals surface area contributed by atoms with Crippen molar-refractivity contribution >= 4 is 21.4 Å². The Kier molecular flexibility index (Phi) is 5.39. The minimum atomic E-state index is -3.04. The minimum Gasteiger partial charge on any atom is -0.382 e. The van der Waals surface area contributed by atoms with Gasteiger partial charge in [-0.05, 0) is 37.7 Å². The Labute approximate surface area is 161 Å². The van der Waals surface area contributed by atoms with Gasteiger partial charge in [0.2, 0.25) is 10.0 Å². The third-order valence-electron chi connectivity index (χ3n) is 5.93. The maximum Gasteiger partial charge on any atom is 0.211 e. The van der Waals surface area contributed by atoms with Gasteiger partial charge in [-0.1, -0.05) is 0 Å². The number of anilines is 1. The Hall–Kier alpha value is -1.64. The molecule has 1 saturated carbocycles. The summed E-state index contributed by atoms with van der Waals surface area (Å²) in [5.74, 6) is 0.725. The topological polar surface area (TPSA) is 70.0 Å². The van der Waals surface area contributed by atoms with E-state index in [1.807, 2.05) is 23.0 Å². The van der Waals surface area contributed by atoms with Crippen LogP contribution in [0.1, 0.15) is 25.7 Å². The van der Waals surface area contributed by atoms with Gasteiger partial charge in [0.1, 0.15) is 5.65 Å². The third kappa shape index (κ3) is 4.62. The number of aromatic nitrogens is 2. The van der Waals surface area contributed by atoms with E-state index < -0.39 is 10.0 Å². The molecule has 1 aliphatic carbocycles. The first-order valence-electron chi connectivity index (χ1n) is 9.84. The second kappa shape index (κ2) is 7.77. The van der Waals surface area contributed by atoms with Gasteiger partial charge in [0.25, 0.3) is 0 Å². The lowest BCUT2D eigenvalue weighted by Gasteiger charge is -2.37. The van der Waals surface area contributed by atoms with Gasteiger partial charge in [-0.15, -0.1) is 0 Å². The van der Waals surface area contributed by atoms with Crippen LogP contribution in [0.2, 0.25) is 0 Å². The normalized spacial score (nSPS) is 25.7. The van der Waals surface area contributed by atoms with Gasteiger partial charge in [0, 0.05) is 69.1 Å². The predicted octanol–water partition coefficient (Wildman–Crippen LogP) is 1.88. The molecule has 148 valence electrons. The molecule has 0 bridgehead atoms. The molecule has 0 unspecified atom stereocenters. The van der Waals surface area contributed by atoms with Gasteiger partial charge >= 0.3 is 0 Å². The summed E-state index contributed by atoms with van der Waals surface area (Å²) < 4.78 is 26.9. The fraction of sp³-hybridized carbons (Fsp3) is 0.632. The average molecular weight is 392 g/mol. The van der Waals surface area contributed by atoms with Crippen molar-refractivity contribution in [1.82, 2.24) is 18.6 Å². The van der Waals surface area contributed by atoms with Gasteiger partial charge in [-0.25, -0.2) is 13.4 Å². The minimum absolute atomic E-state index is 0.528. The van der Waals surface area contributed by atoms with Gasteiger partial charge in [0.05, 0.1) is 6.26 Å². The van der Waals surface area contributed by atoms with Crippen molar-refractivity contribution in [2.75, 3.05) is 44.3 Å². The molecular formula is C19H29N5O2S. The average Bonchev–Trinajstić information content (AvgIpc) is 3.11. The Morgan fingerprint density at radius 1 is 1.11 bits per heavy atom. The van der Waals surface area contributed by atoms with E-state index in [2.05, 4.69) is 27.3 Å². The van der Waals surface area contributed by atoms with E-state index in [9.17, 15) is 8.42 Å². The molecule has 0 spiro atoms. The summed E-state index contributed by atoms with van der Waals surface area (Å²) in [6, 6.07) is 4.75. The summed E-state index contributed by atoms with van der Waals surface area (Å²) in [7, 11) is -3.04. The summed E-state index contributed by atoms with van der Waals surface area (Å²) in [4.78, 5) is 6.78. The van der Waals surface area contributed by atoms with Crippen molar-refractivity contribution in [2.24, 2.45) is 5.92 Å². The zero-order chi connectivity index (χ0) is 18.9. The monoisotopic (exact) mass is 391 g/mol. The smallest absolute Gasteiger partial charge is 0.211 e. The van der Waals surface area contributed by atoms with Crippen LogP contribution in [-0.4, -0.2) is 72.0 Å². The SMILES string of the molecule is CS(=O)(=O)N1CCN(C[C@H]2CC[C@H](Nc3ccn4ccnc4c3)CC2)CC1. The number of nitrogens with one attached hydrogen (secondary N) is 1. The Balaban J connectivity index is 1.22. The number of rotatable bonds is 5. The summed E-state index contributed by atoms with van der Waals surface area (Å²) in [5.41, 5.74) is 2.12. The van der Waals surface area contributed by atoms with Crippen molar-refractivity contribution in [2.45, 2.75) is 31.7 Å². The summed E-state index contributed by atoms with van der Waals surface area (Å²) in [5, 5.41) is 3.67. The third-order valence-corrected chi connectivity index (χ3v) is 7.24. The number of hydrogen-bond donors (Lipinski definition) is 1. The molecule has 1 aliphatic heterocycles. The summed E-state index contributed by atoms with van der Waals surface area (Å²) >= 11 is 0. The largest absolute Gasteiger partial charge is 0.382 e. The van der Waals surface area contributed by atoms with Gasteiger partial charge < -0.3 is 14.6 Å². The highest BCUT2D eigenvalue weighted by Gasteiger charge is 2.27. The first-order valence-corrected chi connectivity index (χ1v) is 11.7. The molecule has 27 heavy (non-hydrogen) atoms. The number of imidazole rings is 1. The first-order chi connectivity index (χ1) is 13.0. The van der Waals surface area contributed by atoms with E-state index in [1.165, 1.54) is 31.9 Å². The number of pyridine rings is 1. The Bertz CT molecular complexity index is 865. The van der Waals surface area contributed by atoms with E-state index in [-0.39, 0.29) is 0 Å². The van der Waals surface area contributed by atoms with Crippen molar-refractivity contribution in [3.8, 4) is 0 Å². The second-order valence-electron chi connectivity index (χ2n) is 7.93. The Morgan fingerprint density at radius 2 is 1.85 bits per heavy atom. The quantitative estimate of drug-likeness (QED) is 0.843. The lowest BCUT2D eigenvalue weighted by Crippen LogP contribution is -2.49. The molecule has 1 N–H and O–H groups in total. The molecule has 4 rings (SSSR count). The summed E-state index contributed by atoms with van der Waals surface area (Å²) in [6.07, 6.45) is 12.0. The lowest BCUT2D eigenvalue weighted by atomic mass is 9.85. The molecule has 0 atom stereocenters. The van der Waals surface area contributed by atoms with Crippen LogP contribution < -0.4 is 5.32 Å². The molecule has 2 fully saturated rings. The van der Waals surface area contributed by atoms with Crippen LogP contribution in [0.3, 0.4) is 0 Å². The van der Waals surface area contributed by atoms with Crippen molar-refractivity contribution in [3.63, 3.8) is 0 Å². The van der Waals surface area contributed by atoms with Crippen LogP contribution in [0.4, 0.5) is 5.69 Å². The second-order valence-corrected chi connectivity index (χ2v) is 9.92. The highest BCUT2D eigenvalue weighted by atomic mass is 32.2. The van der Waals surface area contributed by atoms with Gasteiger partial charge in [-0.2, -0.15) is 4.31 Å². The molecule has 1 saturated heterocycles. The molecule has 2 aromatic heterocycles. The number of hydrogen-bond acceptors (Lipinski definition) is 5. The molecule has 7 nitrogen and oxygen atoms in total. The fourth-order valence-corrected chi connectivity index (χ4v) is 5.16. The molecule has 0 amide bonds. The molecule has 0 aromatic carbocycles. The first kappa shape index (κ1) is 18.7. The predicted molar refractivity (Wildman–Crippen MR) is 107 cm³/mol. The molecule has 3 heterocycles. The van der Waals surface area contributed by atoms with E-state index in [0.717, 1.165) is 36.9 Å².